The molecule has 1 aliphatic heterocycles. The normalized spacial score (nSPS) is 13.4. The van der Waals surface area contributed by atoms with Gasteiger partial charge in [0.25, 0.3) is 11.8 Å². The highest BCUT2D eigenvalue weighted by atomic mass is 16.5. The number of nitrogens with one attached hydrogen (secondary N) is 1. The first-order valence-electron chi connectivity index (χ1n) is 12.2. The van der Waals surface area contributed by atoms with Crippen LogP contribution in [0.5, 0.6) is 5.75 Å². The number of nitrogens with zero attached hydrogens (tertiary/aromatic N) is 3. The van der Waals surface area contributed by atoms with Gasteiger partial charge in [0, 0.05) is 57.3 Å². The van der Waals surface area contributed by atoms with E-state index in [1.54, 1.807) is 35.9 Å². The zero-order valence-electron chi connectivity index (χ0n) is 20.8. The van der Waals surface area contributed by atoms with Crippen molar-refractivity contribution in [3.63, 3.8) is 0 Å². The number of benzene rings is 2. The van der Waals surface area contributed by atoms with E-state index in [1.807, 2.05) is 54.6 Å². The van der Waals surface area contributed by atoms with E-state index >= 15 is 0 Å². The molecular weight excluding hydrogens is 456 g/mol. The molecular formula is C28H32N4O4. The fourth-order valence-corrected chi connectivity index (χ4v) is 4.36. The molecule has 0 radical (unpaired) electrons. The van der Waals surface area contributed by atoms with Gasteiger partial charge in [-0.15, -0.1) is 0 Å². The standard InChI is InChI=1S/C28H32N4O4/c1-3-29-27(34)24-19-30(14-13-21-7-5-4-6-8-21)20-25(26(24)33)28(35)32-17-15-31(16-18-32)22-9-11-23(36-2)12-10-22/h4-12,19-20H,3,13-18H2,1-2H3,(H,29,34). The van der Waals surface area contributed by atoms with Gasteiger partial charge < -0.3 is 24.4 Å². The first-order valence-corrected chi connectivity index (χ1v) is 12.2. The highest BCUT2D eigenvalue weighted by molar-refractivity contribution is 5.99. The number of ether oxygens (including phenoxy) is 1. The van der Waals surface area contributed by atoms with E-state index in [4.69, 9.17) is 4.74 Å². The Morgan fingerprint density at radius 2 is 1.58 bits per heavy atom. The third-order valence-electron chi connectivity index (χ3n) is 6.40. The summed E-state index contributed by atoms with van der Waals surface area (Å²) in [6.07, 6.45) is 3.85. The molecule has 2 aromatic carbocycles. The van der Waals surface area contributed by atoms with Crippen molar-refractivity contribution in [2.75, 3.05) is 44.7 Å². The minimum absolute atomic E-state index is 0.00682. The summed E-state index contributed by atoms with van der Waals surface area (Å²) in [5, 5.41) is 2.69. The van der Waals surface area contributed by atoms with Crippen LogP contribution in [0.3, 0.4) is 0 Å². The molecule has 1 saturated heterocycles. The molecule has 1 aromatic heterocycles. The van der Waals surface area contributed by atoms with Crippen LogP contribution >= 0.6 is 0 Å². The summed E-state index contributed by atoms with van der Waals surface area (Å²) in [5.74, 6) is -0.00738. The molecule has 0 bridgehead atoms. The Morgan fingerprint density at radius 3 is 2.22 bits per heavy atom. The first-order chi connectivity index (χ1) is 17.5. The zero-order chi connectivity index (χ0) is 25.5. The maximum atomic E-state index is 13.5. The van der Waals surface area contributed by atoms with Gasteiger partial charge in [-0.3, -0.25) is 14.4 Å². The van der Waals surface area contributed by atoms with Gasteiger partial charge in [0.2, 0.25) is 5.43 Å². The van der Waals surface area contributed by atoms with Crippen LogP contribution < -0.4 is 20.4 Å². The molecule has 4 rings (SSSR count). The number of pyridine rings is 1. The number of piperazine rings is 1. The molecule has 0 unspecified atom stereocenters. The van der Waals surface area contributed by atoms with Gasteiger partial charge in [-0.1, -0.05) is 30.3 Å². The maximum absolute atomic E-state index is 13.5. The van der Waals surface area contributed by atoms with Gasteiger partial charge in [-0.2, -0.15) is 0 Å². The van der Waals surface area contributed by atoms with Gasteiger partial charge in [0.1, 0.15) is 16.9 Å². The van der Waals surface area contributed by atoms with Gasteiger partial charge in [-0.05, 0) is 43.2 Å². The number of hydrogen-bond donors (Lipinski definition) is 1. The number of amides is 2. The maximum Gasteiger partial charge on any atom is 0.259 e. The van der Waals surface area contributed by atoms with Crippen molar-refractivity contribution in [2.45, 2.75) is 19.9 Å². The number of hydrogen-bond acceptors (Lipinski definition) is 5. The van der Waals surface area contributed by atoms with Crippen LogP contribution in [0.4, 0.5) is 5.69 Å². The smallest absolute Gasteiger partial charge is 0.259 e. The van der Waals surface area contributed by atoms with Crippen molar-refractivity contribution in [3.05, 3.63) is 93.9 Å². The molecule has 2 heterocycles. The first kappa shape index (κ1) is 25.0. The molecule has 36 heavy (non-hydrogen) atoms. The lowest BCUT2D eigenvalue weighted by molar-refractivity contribution is 0.0744. The molecule has 188 valence electrons. The molecule has 1 aliphatic rings. The van der Waals surface area contributed by atoms with Crippen LogP contribution in [0.1, 0.15) is 33.2 Å². The fraction of sp³-hybridized carbons (Fsp3) is 0.321. The average Bonchev–Trinajstić information content (AvgIpc) is 2.93. The molecule has 1 N–H and O–H groups in total. The number of rotatable bonds is 8. The van der Waals surface area contributed by atoms with E-state index < -0.39 is 11.3 Å². The average molecular weight is 489 g/mol. The predicted octanol–water partition coefficient (Wildman–Crippen LogP) is 2.81. The van der Waals surface area contributed by atoms with Gasteiger partial charge in [0.05, 0.1) is 7.11 Å². The van der Waals surface area contributed by atoms with Crippen molar-refractivity contribution in [1.82, 2.24) is 14.8 Å². The second kappa shape index (κ2) is 11.6. The minimum atomic E-state index is -0.528. The van der Waals surface area contributed by atoms with Crippen LogP contribution in [0, 0.1) is 0 Å². The number of aromatic nitrogens is 1. The quantitative estimate of drug-likeness (QED) is 0.527. The molecule has 0 atom stereocenters. The molecule has 0 spiro atoms. The summed E-state index contributed by atoms with van der Waals surface area (Å²) in [6, 6.07) is 17.8. The Balaban J connectivity index is 1.52. The van der Waals surface area contributed by atoms with Crippen LogP contribution in [-0.4, -0.2) is 61.1 Å². The van der Waals surface area contributed by atoms with Crippen LogP contribution in [0.15, 0.2) is 71.8 Å². The predicted molar refractivity (Wildman–Crippen MR) is 140 cm³/mol. The van der Waals surface area contributed by atoms with Gasteiger partial charge in [0.15, 0.2) is 0 Å². The molecule has 8 nitrogen and oxygen atoms in total. The number of methoxy groups -OCH3 is 1. The molecule has 8 heteroatoms. The molecule has 2 amide bonds. The summed E-state index contributed by atoms with van der Waals surface area (Å²) in [6.45, 7) is 5.01. The number of aryl methyl sites for hydroxylation is 2. The van der Waals surface area contributed by atoms with Crippen molar-refractivity contribution in [2.24, 2.45) is 0 Å². The number of carbonyl (C=O) groups excluding carboxylic acids is 2. The van der Waals surface area contributed by atoms with Crippen molar-refractivity contribution >= 4 is 17.5 Å². The summed E-state index contributed by atoms with van der Waals surface area (Å²) < 4.78 is 7.01. The highest BCUT2D eigenvalue weighted by Crippen LogP contribution is 2.21. The minimum Gasteiger partial charge on any atom is -0.497 e. The second-order valence-electron chi connectivity index (χ2n) is 8.72. The molecule has 0 aliphatic carbocycles. The van der Waals surface area contributed by atoms with Gasteiger partial charge >= 0.3 is 0 Å². The Kier molecular flexibility index (Phi) is 8.05. The highest BCUT2D eigenvalue weighted by Gasteiger charge is 2.26. The fourth-order valence-electron chi connectivity index (χ4n) is 4.36. The Bertz CT molecular complexity index is 1250. The number of anilines is 1. The van der Waals surface area contributed by atoms with Crippen molar-refractivity contribution in [3.8, 4) is 5.75 Å². The monoisotopic (exact) mass is 488 g/mol. The lowest BCUT2D eigenvalue weighted by atomic mass is 10.1. The summed E-state index contributed by atoms with van der Waals surface area (Å²) in [7, 11) is 1.63. The van der Waals surface area contributed by atoms with E-state index in [0.717, 1.165) is 17.0 Å². The molecule has 0 saturated carbocycles. The molecule has 1 fully saturated rings. The molecule has 3 aromatic rings. The van der Waals surface area contributed by atoms with E-state index in [0.29, 0.717) is 45.7 Å². The third-order valence-corrected chi connectivity index (χ3v) is 6.40. The SMILES string of the molecule is CCNC(=O)c1cn(CCc2ccccc2)cc(C(=O)N2CCN(c3ccc(OC)cc3)CC2)c1=O. The largest absolute Gasteiger partial charge is 0.497 e. The zero-order valence-corrected chi connectivity index (χ0v) is 20.8. The summed E-state index contributed by atoms with van der Waals surface area (Å²) in [4.78, 5) is 43.2. The third kappa shape index (κ3) is 5.76. The van der Waals surface area contributed by atoms with E-state index in [1.165, 1.54) is 0 Å². The van der Waals surface area contributed by atoms with Crippen molar-refractivity contribution < 1.29 is 14.3 Å². The Morgan fingerprint density at radius 1 is 0.917 bits per heavy atom. The van der Waals surface area contributed by atoms with E-state index in [9.17, 15) is 14.4 Å². The van der Waals surface area contributed by atoms with Crippen molar-refractivity contribution in [1.29, 1.82) is 0 Å². The Labute approximate surface area is 211 Å². The van der Waals surface area contributed by atoms with E-state index in [2.05, 4.69) is 10.2 Å². The van der Waals surface area contributed by atoms with Crippen LogP contribution in [0.2, 0.25) is 0 Å². The van der Waals surface area contributed by atoms with Crippen LogP contribution in [0.25, 0.3) is 0 Å². The second-order valence-corrected chi connectivity index (χ2v) is 8.72. The van der Waals surface area contributed by atoms with E-state index in [-0.39, 0.29) is 17.0 Å². The topological polar surface area (TPSA) is 83.9 Å². The summed E-state index contributed by atoms with van der Waals surface area (Å²) in [5.41, 5.74) is 1.69. The van der Waals surface area contributed by atoms with Crippen LogP contribution in [-0.2, 0) is 13.0 Å². The summed E-state index contributed by atoms with van der Waals surface area (Å²) >= 11 is 0. The lowest BCUT2D eigenvalue weighted by Crippen LogP contribution is -2.50. The van der Waals surface area contributed by atoms with Gasteiger partial charge in [-0.25, -0.2) is 0 Å². The lowest BCUT2D eigenvalue weighted by Gasteiger charge is -2.36. The Hall–Kier alpha value is -4.07. The number of carbonyl (C=O) groups is 2.